The summed E-state index contributed by atoms with van der Waals surface area (Å²) in [5, 5.41) is 21.8. The average molecular weight is 376 g/mol. The first-order valence-electron chi connectivity index (χ1n) is 8.36. The summed E-state index contributed by atoms with van der Waals surface area (Å²) in [5.74, 6) is 0.764. The molecule has 3 rings (SSSR count). The molecule has 1 amide bonds. The van der Waals surface area contributed by atoms with Gasteiger partial charge in [-0.2, -0.15) is 5.26 Å². The third-order valence-corrected chi connectivity index (χ3v) is 6.43. The number of hydrogen-bond acceptors (Lipinski definition) is 6. The molecule has 1 aliphatic carbocycles. The zero-order valence-electron chi connectivity index (χ0n) is 14.6. The van der Waals surface area contributed by atoms with Crippen LogP contribution in [0, 0.1) is 17.2 Å². The van der Waals surface area contributed by atoms with E-state index in [4.69, 9.17) is 0 Å². The summed E-state index contributed by atoms with van der Waals surface area (Å²) in [6, 6.07) is 2.53. The number of nitrogens with one attached hydrogen (secondary N) is 1. The SMILES string of the molecule is CC(C)n1cnnc1SCC(=O)Nc1sc2c(c1C#N)CC[C@H](C)C2. The molecule has 0 aromatic carbocycles. The fraction of sp³-hybridized carbons (Fsp3) is 0.529. The van der Waals surface area contributed by atoms with Crippen molar-refractivity contribution in [2.24, 2.45) is 5.92 Å². The predicted octanol–water partition coefficient (Wildman–Crippen LogP) is 3.65. The van der Waals surface area contributed by atoms with E-state index in [9.17, 15) is 10.1 Å². The maximum absolute atomic E-state index is 12.3. The van der Waals surface area contributed by atoms with E-state index in [1.807, 2.05) is 18.4 Å². The van der Waals surface area contributed by atoms with Crippen LogP contribution in [-0.4, -0.2) is 26.4 Å². The number of fused-ring (bicyclic) bond motifs is 1. The number of carbonyl (C=O) groups is 1. The third-order valence-electron chi connectivity index (χ3n) is 4.31. The number of thioether (sulfide) groups is 1. The van der Waals surface area contributed by atoms with Gasteiger partial charge in [0, 0.05) is 10.9 Å². The van der Waals surface area contributed by atoms with Gasteiger partial charge in [-0.05, 0) is 44.6 Å². The van der Waals surface area contributed by atoms with Gasteiger partial charge in [0.05, 0.1) is 11.3 Å². The minimum absolute atomic E-state index is 0.119. The second kappa shape index (κ2) is 7.58. The van der Waals surface area contributed by atoms with E-state index in [2.05, 4.69) is 28.5 Å². The summed E-state index contributed by atoms with van der Waals surface area (Å²) < 4.78 is 1.93. The molecule has 2 heterocycles. The summed E-state index contributed by atoms with van der Waals surface area (Å²) in [6.45, 7) is 6.32. The number of aromatic nitrogens is 3. The zero-order chi connectivity index (χ0) is 18.0. The summed E-state index contributed by atoms with van der Waals surface area (Å²) in [7, 11) is 0. The molecule has 2 aromatic heterocycles. The summed E-state index contributed by atoms with van der Waals surface area (Å²) in [4.78, 5) is 13.6. The summed E-state index contributed by atoms with van der Waals surface area (Å²) in [5.41, 5.74) is 1.78. The lowest BCUT2D eigenvalue weighted by Crippen LogP contribution is -2.15. The molecule has 0 unspecified atom stereocenters. The number of nitrogens with zero attached hydrogens (tertiary/aromatic N) is 4. The van der Waals surface area contributed by atoms with E-state index in [1.165, 1.54) is 16.6 Å². The van der Waals surface area contributed by atoms with Crippen molar-refractivity contribution in [3.63, 3.8) is 0 Å². The smallest absolute Gasteiger partial charge is 0.235 e. The Balaban J connectivity index is 1.67. The van der Waals surface area contributed by atoms with Crippen LogP contribution < -0.4 is 5.32 Å². The van der Waals surface area contributed by atoms with Gasteiger partial charge < -0.3 is 9.88 Å². The molecule has 0 aliphatic heterocycles. The first-order valence-corrected chi connectivity index (χ1v) is 10.2. The fourth-order valence-electron chi connectivity index (χ4n) is 2.94. The monoisotopic (exact) mass is 375 g/mol. The molecule has 1 atom stereocenters. The summed E-state index contributed by atoms with van der Waals surface area (Å²) >= 11 is 2.91. The van der Waals surface area contributed by atoms with E-state index < -0.39 is 0 Å². The molecule has 0 bridgehead atoms. The summed E-state index contributed by atoms with van der Waals surface area (Å²) in [6.07, 6.45) is 4.70. The number of hydrogen-bond donors (Lipinski definition) is 1. The molecule has 132 valence electrons. The Hall–Kier alpha value is -1.85. The number of amides is 1. The van der Waals surface area contributed by atoms with Crippen LogP contribution in [0.4, 0.5) is 5.00 Å². The molecule has 0 saturated heterocycles. The lowest BCUT2D eigenvalue weighted by Gasteiger charge is -2.17. The highest BCUT2D eigenvalue weighted by Crippen LogP contribution is 2.39. The molecule has 0 radical (unpaired) electrons. The van der Waals surface area contributed by atoms with Crippen LogP contribution in [-0.2, 0) is 17.6 Å². The molecule has 1 N–H and O–H groups in total. The minimum atomic E-state index is -0.119. The van der Waals surface area contributed by atoms with Gasteiger partial charge in [0.25, 0.3) is 0 Å². The lowest BCUT2D eigenvalue weighted by atomic mass is 9.89. The highest BCUT2D eigenvalue weighted by molar-refractivity contribution is 7.99. The molecule has 0 spiro atoms. The molecule has 1 aliphatic rings. The van der Waals surface area contributed by atoms with Crippen LogP contribution in [0.15, 0.2) is 11.5 Å². The molecule has 8 heteroatoms. The van der Waals surface area contributed by atoms with E-state index >= 15 is 0 Å². The predicted molar refractivity (Wildman–Crippen MR) is 100.0 cm³/mol. The normalized spacial score (nSPS) is 16.5. The number of thiophene rings is 1. The average Bonchev–Trinajstić information content (AvgIpc) is 3.16. The van der Waals surface area contributed by atoms with Crippen LogP contribution in [0.5, 0.6) is 0 Å². The lowest BCUT2D eigenvalue weighted by molar-refractivity contribution is -0.113. The highest BCUT2D eigenvalue weighted by atomic mass is 32.2. The zero-order valence-corrected chi connectivity index (χ0v) is 16.2. The fourth-order valence-corrected chi connectivity index (χ4v) is 5.16. The third kappa shape index (κ3) is 3.88. The number of carbonyl (C=O) groups excluding carboxylic acids is 1. The van der Waals surface area contributed by atoms with Gasteiger partial charge >= 0.3 is 0 Å². The van der Waals surface area contributed by atoms with Crippen molar-refractivity contribution in [3.8, 4) is 6.07 Å². The van der Waals surface area contributed by atoms with Crippen molar-refractivity contribution < 1.29 is 4.79 Å². The second-order valence-corrected chi connectivity index (χ2v) is 8.67. The molecule has 25 heavy (non-hydrogen) atoms. The van der Waals surface area contributed by atoms with Crippen LogP contribution in [0.1, 0.15) is 49.2 Å². The highest BCUT2D eigenvalue weighted by Gasteiger charge is 2.24. The topological polar surface area (TPSA) is 83.6 Å². The van der Waals surface area contributed by atoms with Crippen molar-refractivity contribution in [2.75, 3.05) is 11.1 Å². The van der Waals surface area contributed by atoms with Crippen molar-refractivity contribution in [1.82, 2.24) is 14.8 Å². The number of anilines is 1. The Labute approximate surface area is 155 Å². The van der Waals surface area contributed by atoms with E-state index in [1.54, 1.807) is 17.7 Å². The van der Waals surface area contributed by atoms with Gasteiger partial charge in [-0.15, -0.1) is 21.5 Å². The largest absolute Gasteiger partial charge is 0.316 e. The van der Waals surface area contributed by atoms with Crippen molar-refractivity contribution in [2.45, 2.75) is 51.2 Å². The Kier molecular flexibility index (Phi) is 5.45. The molecule has 2 aromatic rings. The molecule has 0 saturated carbocycles. The Morgan fingerprint density at radius 2 is 2.40 bits per heavy atom. The molecule has 0 fully saturated rings. The Morgan fingerprint density at radius 3 is 3.12 bits per heavy atom. The van der Waals surface area contributed by atoms with Gasteiger partial charge in [-0.1, -0.05) is 18.7 Å². The van der Waals surface area contributed by atoms with Crippen LogP contribution in [0.2, 0.25) is 0 Å². The van der Waals surface area contributed by atoms with Crippen LogP contribution in [0.25, 0.3) is 0 Å². The molecular formula is C17H21N5OS2. The van der Waals surface area contributed by atoms with Crippen molar-refractivity contribution >= 4 is 34.0 Å². The second-order valence-electron chi connectivity index (χ2n) is 6.62. The van der Waals surface area contributed by atoms with Gasteiger partial charge in [0.15, 0.2) is 5.16 Å². The molecule has 6 nitrogen and oxygen atoms in total. The maximum atomic E-state index is 12.3. The van der Waals surface area contributed by atoms with Crippen molar-refractivity contribution in [1.29, 1.82) is 5.26 Å². The minimum Gasteiger partial charge on any atom is -0.316 e. The standard InChI is InChI=1S/C17H21N5OS2/c1-10(2)22-9-19-21-17(22)24-8-15(23)20-16-13(7-18)12-5-4-11(3)6-14(12)25-16/h9-11H,4-6,8H2,1-3H3,(H,20,23)/t11-/m0/s1. The van der Waals surface area contributed by atoms with E-state index in [0.29, 0.717) is 16.5 Å². The quantitative estimate of drug-likeness (QED) is 0.807. The van der Waals surface area contributed by atoms with Gasteiger partial charge in [-0.3, -0.25) is 4.79 Å². The van der Waals surface area contributed by atoms with E-state index in [0.717, 1.165) is 30.0 Å². The van der Waals surface area contributed by atoms with Crippen LogP contribution in [0.3, 0.4) is 0 Å². The number of nitriles is 1. The van der Waals surface area contributed by atoms with Gasteiger partial charge in [-0.25, -0.2) is 0 Å². The van der Waals surface area contributed by atoms with Crippen LogP contribution >= 0.6 is 23.1 Å². The Morgan fingerprint density at radius 1 is 1.60 bits per heavy atom. The van der Waals surface area contributed by atoms with E-state index in [-0.39, 0.29) is 17.7 Å². The Bertz CT molecular complexity index is 818. The maximum Gasteiger partial charge on any atom is 0.235 e. The van der Waals surface area contributed by atoms with Gasteiger partial charge in [0.2, 0.25) is 5.91 Å². The number of rotatable bonds is 5. The van der Waals surface area contributed by atoms with Crippen molar-refractivity contribution in [3.05, 3.63) is 22.3 Å². The van der Waals surface area contributed by atoms with Gasteiger partial charge in [0.1, 0.15) is 17.4 Å². The first kappa shape index (κ1) is 18.0. The first-order chi connectivity index (χ1) is 12.0. The molecular weight excluding hydrogens is 354 g/mol.